The molecule has 5 heteroatoms. The Hall–Kier alpha value is -2.17. The van der Waals surface area contributed by atoms with Gasteiger partial charge in [-0.3, -0.25) is 19.3 Å². The Morgan fingerprint density at radius 1 is 1.08 bits per heavy atom. The fraction of sp³-hybridized carbons (Fsp3) is 0.550. The number of carbonyl (C=O) groups excluding carboxylic acids is 3. The molecule has 1 aromatic carbocycles. The number of aryl methyl sites for hydroxylation is 1. The molecule has 134 valence electrons. The van der Waals surface area contributed by atoms with Gasteiger partial charge in [0.15, 0.2) is 0 Å². The lowest BCUT2D eigenvalue weighted by molar-refractivity contribution is -0.140. The van der Waals surface area contributed by atoms with Crippen LogP contribution >= 0.6 is 0 Å². The van der Waals surface area contributed by atoms with Crippen molar-refractivity contribution in [1.82, 2.24) is 9.80 Å². The van der Waals surface area contributed by atoms with Crippen LogP contribution in [0.5, 0.6) is 0 Å². The van der Waals surface area contributed by atoms with E-state index in [1.165, 1.54) is 10.5 Å². The highest BCUT2D eigenvalue weighted by Gasteiger charge is 2.47. The third kappa shape index (κ3) is 3.75. The number of benzene rings is 1. The van der Waals surface area contributed by atoms with Crippen LogP contribution in [0.3, 0.4) is 0 Å². The third-order valence-electron chi connectivity index (χ3n) is 5.45. The molecule has 1 aliphatic carbocycles. The number of likely N-dealkylation sites (tertiary alicyclic amines) is 1. The molecular weight excluding hydrogens is 316 g/mol. The van der Waals surface area contributed by atoms with Crippen molar-refractivity contribution in [3.63, 3.8) is 0 Å². The summed E-state index contributed by atoms with van der Waals surface area (Å²) in [6, 6.07) is 8.07. The van der Waals surface area contributed by atoms with Gasteiger partial charge >= 0.3 is 0 Å². The number of nitrogens with zero attached hydrogens (tertiary/aromatic N) is 2. The fourth-order valence-electron chi connectivity index (χ4n) is 3.91. The second-order valence-corrected chi connectivity index (χ2v) is 7.31. The minimum absolute atomic E-state index is 0.0453. The first-order valence-corrected chi connectivity index (χ1v) is 9.12. The molecule has 2 aliphatic rings. The molecule has 0 unspecified atom stereocenters. The largest absolute Gasteiger partial charge is 0.341 e. The average molecular weight is 342 g/mol. The molecule has 5 nitrogen and oxygen atoms in total. The minimum atomic E-state index is -0.137. The molecule has 3 amide bonds. The summed E-state index contributed by atoms with van der Waals surface area (Å²) in [5, 5.41) is 0. The highest BCUT2D eigenvalue weighted by atomic mass is 16.2. The zero-order chi connectivity index (χ0) is 18.0. The SMILES string of the molecule is Cc1ccc(CN(C)C(=O)CCN2C(=O)[C@@H]3CCCC[C@H]3C2=O)cc1. The van der Waals surface area contributed by atoms with Crippen LogP contribution in [-0.2, 0) is 20.9 Å². The van der Waals surface area contributed by atoms with E-state index >= 15 is 0 Å². The topological polar surface area (TPSA) is 57.7 Å². The van der Waals surface area contributed by atoms with Gasteiger partial charge in [0.2, 0.25) is 17.7 Å². The van der Waals surface area contributed by atoms with Crippen molar-refractivity contribution in [1.29, 1.82) is 0 Å². The molecular formula is C20H26N2O3. The van der Waals surface area contributed by atoms with Crippen LogP contribution in [-0.4, -0.2) is 41.1 Å². The smallest absolute Gasteiger partial charge is 0.233 e. The summed E-state index contributed by atoms with van der Waals surface area (Å²) >= 11 is 0. The molecule has 2 fully saturated rings. The van der Waals surface area contributed by atoms with Gasteiger partial charge in [-0.15, -0.1) is 0 Å². The first-order chi connectivity index (χ1) is 12.0. The van der Waals surface area contributed by atoms with Crippen molar-refractivity contribution >= 4 is 17.7 Å². The van der Waals surface area contributed by atoms with E-state index in [9.17, 15) is 14.4 Å². The molecule has 3 rings (SSSR count). The Kier molecular flexibility index (Phi) is 5.21. The van der Waals surface area contributed by atoms with E-state index in [1.54, 1.807) is 11.9 Å². The van der Waals surface area contributed by atoms with Gasteiger partial charge in [-0.1, -0.05) is 42.7 Å². The summed E-state index contributed by atoms with van der Waals surface area (Å²) in [7, 11) is 1.76. The molecule has 25 heavy (non-hydrogen) atoms. The van der Waals surface area contributed by atoms with Gasteiger partial charge in [0.05, 0.1) is 11.8 Å². The molecule has 0 bridgehead atoms. The quantitative estimate of drug-likeness (QED) is 0.773. The number of rotatable bonds is 5. The van der Waals surface area contributed by atoms with E-state index in [-0.39, 0.29) is 42.5 Å². The maximum Gasteiger partial charge on any atom is 0.233 e. The maximum absolute atomic E-state index is 12.4. The first-order valence-electron chi connectivity index (χ1n) is 9.12. The predicted molar refractivity (Wildman–Crippen MR) is 94.4 cm³/mol. The molecule has 2 atom stereocenters. The molecule has 0 N–H and O–H groups in total. The lowest BCUT2D eigenvalue weighted by atomic mass is 9.81. The number of fused-ring (bicyclic) bond motifs is 1. The van der Waals surface area contributed by atoms with Gasteiger partial charge < -0.3 is 4.90 Å². The van der Waals surface area contributed by atoms with Crippen LogP contribution in [0.4, 0.5) is 0 Å². The summed E-state index contributed by atoms with van der Waals surface area (Å²) < 4.78 is 0. The summed E-state index contributed by atoms with van der Waals surface area (Å²) in [5.74, 6) is -0.452. The average Bonchev–Trinajstić information content (AvgIpc) is 2.86. The lowest BCUT2D eigenvalue weighted by Gasteiger charge is -2.20. The normalized spacial score (nSPS) is 22.9. The standard InChI is InChI=1S/C20H26N2O3/c1-14-7-9-15(10-8-14)13-21(2)18(23)11-12-22-19(24)16-5-3-4-6-17(16)20(22)25/h7-10,16-17H,3-6,11-13H2,1-2H3/t16-,17-/m1/s1. The Morgan fingerprint density at radius 2 is 1.64 bits per heavy atom. The van der Waals surface area contributed by atoms with E-state index in [2.05, 4.69) is 0 Å². The molecule has 1 heterocycles. The van der Waals surface area contributed by atoms with Crippen molar-refractivity contribution in [2.45, 2.75) is 45.6 Å². The molecule has 1 aromatic rings. The van der Waals surface area contributed by atoms with Gasteiger partial charge in [-0.25, -0.2) is 0 Å². The highest BCUT2D eigenvalue weighted by Crippen LogP contribution is 2.37. The van der Waals surface area contributed by atoms with Crippen LogP contribution in [0.2, 0.25) is 0 Å². The van der Waals surface area contributed by atoms with Gasteiger partial charge in [0.1, 0.15) is 0 Å². The zero-order valence-electron chi connectivity index (χ0n) is 15.0. The Morgan fingerprint density at radius 3 is 2.20 bits per heavy atom. The summed E-state index contributed by atoms with van der Waals surface area (Å²) in [5.41, 5.74) is 2.26. The van der Waals surface area contributed by atoms with Crippen LogP contribution < -0.4 is 0 Å². The molecule has 1 aliphatic heterocycles. The predicted octanol–water partition coefficient (Wildman–Crippen LogP) is 2.52. The van der Waals surface area contributed by atoms with Gasteiger partial charge in [-0.2, -0.15) is 0 Å². The van der Waals surface area contributed by atoms with Crippen molar-refractivity contribution in [3.05, 3.63) is 35.4 Å². The number of imide groups is 1. The Bertz CT molecular complexity index is 644. The number of amides is 3. The van der Waals surface area contributed by atoms with E-state index in [0.29, 0.717) is 6.54 Å². The summed E-state index contributed by atoms with van der Waals surface area (Å²) in [6.07, 6.45) is 3.86. The van der Waals surface area contributed by atoms with E-state index < -0.39 is 0 Å². The molecule has 0 aromatic heterocycles. The molecule has 1 saturated carbocycles. The van der Waals surface area contributed by atoms with Gasteiger partial charge in [0.25, 0.3) is 0 Å². The zero-order valence-corrected chi connectivity index (χ0v) is 15.0. The van der Waals surface area contributed by atoms with Crippen LogP contribution in [0.15, 0.2) is 24.3 Å². The van der Waals surface area contributed by atoms with Crippen LogP contribution in [0.1, 0.15) is 43.2 Å². The van der Waals surface area contributed by atoms with E-state index in [4.69, 9.17) is 0 Å². The van der Waals surface area contributed by atoms with E-state index in [1.807, 2.05) is 31.2 Å². The van der Waals surface area contributed by atoms with Crippen LogP contribution in [0, 0.1) is 18.8 Å². The fourth-order valence-corrected chi connectivity index (χ4v) is 3.91. The van der Waals surface area contributed by atoms with Gasteiger partial charge in [-0.05, 0) is 25.3 Å². The second kappa shape index (κ2) is 7.38. The maximum atomic E-state index is 12.4. The van der Waals surface area contributed by atoms with Crippen molar-refractivity contribution in [2.24, 2.45) is 11.8 Å². The second-order valence-electron chi connectivity index (χ2n) is 7.31. The number of hydrogen-bond acceptors (Lipinski definition) is 3. The number of carbonyl (C=O) groups is 3. The minimum Gasteiger partial charge on any atom is -0.341 e. The summed E-state index contributed by atoms with van der Waals surface area (Å²) in [6.45, 7) is 2.77. The molecule has 0 radical (unpaired) electrons. The summed E-state index contributed by atoms with van der Waals surface area (Å²) in [4.78, 5) is 40.2. The van der Waals surface area contributed by atoms with Gasteiger partial charge in [0, 0.05) is 26.6 Å². The van der Waals surface area contributed by atoms with Crippen LogP contribution in [0.25, 0.3) is 0 Å². The highest BCUT2D eigenvalue weighted by molar-refractivity contribution is 6.05. The van der Waals surface area contributed by atoms with E-state index in [0.717, 1.165) is 31.2 Å². The van der Waals surface area contributed by atoms with Crippen molar-refractivity contribution < 1.29 is 14.4 Å². The van der Waals surface area contributed by atoms with Crippen molar-refractivity contribution in [2.75, 3.05) is 13.6 Å². The first kappa shape index (κ1) is 17.6. The number of hydrogen-bond donors (Lipinski definition) is 0. The monoisotopic (exact) mass is 342 g/mol. The Labute approximate surface area is 149 Å². The van der Waals surface area contributed by atoms with Crippen molar-refractivity contribution in [3.8, 4) is 0 Å². The molecule has 1 saturated heterocycles. The lowest BCUT2D eigenvalue weighted by Crippen LogP contribution is -2.36. The third-order valence-corrected chi connectivity index (χ3v) is 5.45. The Balaban J connectivity index is 1.53. The molecule has 0 spiro atoms.